The first-order chi connectivity index (χ1) is 8.41. The highest BCUT2D eigenvalue weighted by molar-refractivity contribution is 9.13. The molecule has 0 bridgehead atoms. The van der Waals surface area contributed by atoms with Gasteiger partial charge in [-0.1, -0.05) is 95.6 Å². The summed E-state index contributed by atoms with van der Waals surface area (Å²) in [6.07, 6.45) is 7.24. The standard InChI is InChI=1S/C12H18Br6/c13-7-1-2-8(14)10(16)5-6-12(18)11(17)4-3-9(7)15/h7-12H,1-6H2/t7-,8-,9-,10-,11-,12+/m1/s1. The van der Waals surface area contributed by atoms with Gasteiger partial charge in [-0.25, -0.2) is 0 Å². The Kier molecular flexibility index (Phi) is 10.3. The van der Waals surface area contributed by atoms with Crippen LogP contribution in [0.25, 0.3) is 0 Å². The van der Waals surface area contributed by atoms with E-state index in [0.717, 1.165) is 0 Å². The van der Waals surface area contributed by atoms with Crippen LogP contribution < -0.4 is 0 Å². The maximum Gasteiger partial charge on any atom is 0.0271 e. The Labute approximate surface area is 161 Å². The van der Waals surface area contributed by atoms with Crippen LogP contribution in [0.15, 0.2) is 0 Å². The largest absolute Gasteiger partial charge is 0.0879 e. The summed E-state index contributed by atoms with van der Waals surface area (Å²) in [5.41, 5.74) is 0. The van der Waals surface area contributed by atoms with E-state index in [4.69, 9.17) is 0 Å². The third-order valence-electron chi connectivity index (χ3n) is 3.33. The average Bonchev–Trinajstić information content (AvgIpc) is 2.36. The SMILES string of the molecule is Br[C@@H]1CC[C@@H](Br)[C@H](Br)CC[C@H](Br)[C@H](Br)CC[C@H]1Br. The van der Waals surface area contributed by atoms with Crippen molar-refractivity contribution in [2.24, 2.45) is 0 Å². The molecule has 6 atom stereocenters. The van der Waals surface area contributed by atoms with Gasteiger partial charge in [0.2, 0.25) is 0 Å². The van der Waals surface area contributed by atoms with Crippen LogP contribution in [0.1, 0.15) is 38.5 Å². The smallest absolute Gasteiger partial charge is 0.0271 e. The minimum absolute atomic E-state index is 0.560. The minimum atomic E-state index is 0.560. The highest BCUT2D eigenvalue weighted by Crippen LogP contribution is 2.34. The highest BCUT2D eigenvalue weighted by Gasteiger charge is 2.25. The predicted octanol–water partition coefficient (Wildman–Crippen LogP) is 6.92. The topological polar surface area (TPSA) is 0 Å². The fourth-order valence-corrected chi connectivity index (χ4v) is 5.21. The number of hydrogen-bond donors (Lipinski definition) is 0. The minimum Gasteiger partial charge on any atom is -0.0879 e. The van der Waals surface area contributed by atoms with E-state index in [2.05, 4.69) is 95.6 Å². The monoisotopic (exact) mass is 636 g/mol. The summed E-state index contributed by atoms with van der Waals surface area (Å²) in [6.45, 7) is 0. The van der Waals surface area contributed by atoms with Gasteiger partial charge in [0.15, 0.2) is 0 Å². The van der Waals surface area contributed by atoms with E-state index in [-0.39, 0.29) is 0 Å². The first kappa shape index (κ1) is 18.9. The quantitative estimate of drug-likeness (QED) is 0.252. The van der Waals surface area contributed by atoms with Crippen molar-refractivity contribution in [2.75, 3.05) is 0 Å². The maximum atomic E-state index is 3.82. The van der Waals surface area contributed by atoms with Crippen LogP contribution >= 0.6 is 95.6 Å². The van der Waals surface area contributed by atoms with Crippen LogP contribution in [-0.4, -0.2) is 29.0 Å². The van der Waals surface area contributed by atoms with Crippen LogP contribution in [0.3, 0.4) is 0 Å². The number of hydrogen-bond acceptors (Lipinski definition) is 0. The molecular weight excluding hydrogens is 624 g/mol. The van der Waals surface area contributed by atoms with Gasteiger partial charge in [0.1, 0.15) is 0 Å². The van der Waals surface area contributed by atoms with Gasteiger partial charge in [-0.2, -0.15) is 0 Å². The lowest BCUT2D eigenvalue weighted by Crippen LogP contribution is -2.25. The lowest BCUT2D eigenvalue weighted by molar-refractivity contribution is 0.557. The molecule has 0 radical (unpaired) electrons. The Balaban J connectivity index is 2.61. The fraction of sp³-hybridized carbons (Fsp3) is 1.00. The Hall–Kier alpha value is 2.88. The number of halogens is 6. The second-order valence-corrected chi connectivity index (χ2v) is 11.9. The summed E-state index contributed by atoms with van der Waals surface area (Å²) in [6, 6.07) is 0. The first-order valence-electron chi connectivity index (χ1n) is 6.26. The lowest BCUT2D eigenvalue weighted by Gasteiger charge is -2.25. The molecule has 0 aromatic heterocycles. The Morgan fingerprint density at radius 3 is 0.556 bits per heavy atom. The molecule has 0 heterocycles. The van der Waals surface area contributed by atoms with Crippen molar-refractivity contribution >= 4 is 95.6 Å². The zero-order valence-corrected chi connectivity index (χ0v) is 19.5. The zero-order chi connectivity index (χ0) is 13.7. The molecule has 1 aliphatic carbocycles. The molecule has 108 valence electrons. The van der Waals surface area contributed by atoms with Crippen molar-refractivity contribution in [3.8, 4) is 0 Å². The molecule has 0 aromatic carbocycles. The molecule has 0 nitrogen and oxygen atoms in total. The Bertz CT molecular complexity index is 175. The van der Waals surface area contributed by atoms with E-state index in [0.29, 0.717) is 29.0 Å². The van der Waals surface area contributed by atoms with E-state index in [1.807, 2.05) is 0 Å². The van der Waals surface area contributed by atoms with E-state index < -0.39 is 0 Å². The molecule has 18 heavy (non-hydrogen) atoms. The molecule has 0 N–H and O–H groups in total. The molecule has 6 heteroatoms. The van der Waals surface area contributed by atoms with Gasteiger partial charge in [-0.05, 0) is 38.5 Å². The van der Waals surface area contributed by atoms with Gasteiger partial charge < -0.3 is 0 Å². The molecule has 1 aliphatic rings. The molecule has 0 unspecified atom stereocenters. The molecule has 0 aromatic rings. The van der Waals surface area contributed by atoms with Crippen LogP contribution in [0, 0.1) is 0 Å². The molecule has 0 spiro atoms. The van der Waals surface area contributed by atoms with Crippen LogP contribution in [-0.2, 0) is 0 Å². The van der Waals surface area contributed by atoms with Gasteiger partial charge in [-0.15, -0.1) is 0 Å². The summed E-state index contributed by atoms with van der Waals surface area (Å²) in [5, 5.41) is 0. The summed E-state index contributed by atoms with van der Waals surface area (Å²) >= 11 is 22.9. The van der Waals surface area contributed by atoms with Gasteiger partial charge in [-0.3, -0.25) is 0 Å². The van der Waals surface area contributed by atoms with E-state index in [1.165, 1.54) is 38.5 Å². The number of alkyl halides is 6. The van der Waals surface area contributed by atoms with E-state index in [9.17, 15) is 0 Å². The third-order valence-corrected chi connectivity index (χ3v) is 12.0. The van der Waals surface area contributed by atoms with Crippen molar-refractivity contribution < 1.29 is 0 Å². The van der Waals surface area contributed by atoms with Crippen molar-refractivity contribution in [2.45, 2.75) is 67.5 Å². The van der Waals surface area contributed by atoms with E-state index in [1.54, 1.807) is 0 Å². The van der Waals surface area contributed by atoms with Gasteiger partial charge in [0.05, 0.1) is 0 Å². The van der Waals surface area contributed by atoms with Crippen LogP contribution in [0.2, 0.25) is 0 Å². The fourth-order valence-electron chi connectivity index (χ4n) is 2.04. The molecule has 0 aliphatic heterocycles. The average molecular weight is 642 g/mol. The molecule has 1 saturated carbocycles. The van der Waals surface area contributed by atoms with Crippen LogP contribution in [0.4, 0.5) is 0 Å². The normalized spacial score (nSPS) is 45.0. The van der Waals surface area contributed by atoms with Gasteiger partial charge >= 0.3 is 0 Å². The molecular formula is C12H18Br6. The second kappa shape index (κ2) is 9.81. The van der Waals surface area contributed by atoms with Crippen molar-refractivity contribution in [3.05, 3.63) is 0 Å². The summed E-state index contributed by atoms with van der Waals surface area (Å²) in [4.78, 5) is 3.36. The Morgan fingerprint density at radius 2 is 0.444 bits per heavy atom. The van der Waals surface area contributed by atoms with Gasteiger partial charge in [0.25, 0.3) is 0 Å². The van der Waals surface area contributed by atoms with Crippen molar-refractivity contribution in [3.63, 3.8) is 0 Å². The number of rotatable bonds is 0. The summed E-state index contributed by atoms with van der Waals surface area (Å²) < 4.78 is 0. The van der Waals surface area contributed by atoms with Crippen LogP contribution in [0.5, 0.6) is 0 Å². The zero-order valence-electron chi connectivity index (χ0n) is 9.97. The molecule has 1 fully saturated rings. The summed E-state index contributed by atoms with van der Waals surface area (Å²) in [5.74, 6) is 0. The second-order valence-electron chi connectivity index (χ2n) is 4.83. The predicted molar refractivity (Wildman–Crippen MR) is 104 cm³/mol. The van der Waals surface area contributed by atoms with E-state index >= 15 is 0 Å². The van der Waals surface area contributed by atoms with Crippen molar-refractivity contribution in [1.29, 1.82) is 0 Å². The third kappa shape index (κ3) is 6.76. The van der Waals surface area contributed by atoms with Crippen molar-refractivity contribution in [1.82, 2.24) is 0 Å². The Morgan fingerprint density at radius 1 is 0.333 bits per heavy atom. The van der Waals surface area contributed by atoms with Gasteiger partial charge in [0, 0.05) is 29.0 Å². The molecule has 0 saturated heterocycles. The maximum absolute atomic E-state index is 3.82. The first-order valence-corrected chi connectivity index (χ1v) is 11.8. The lowest BCUT2D eigenvalue weighted by atomic mass is 10.0. The molecule has 0 amide bonds. The molecule has 1 rings (SSSR count). The highest BCUT2D eigenvalue weighted by atomic mass is 79.9. The summed E-state index contributed by atoms with van der Waals surface area (Å²) in [7, 11) is 0.